The zero-order valence-corrected chi connectivity index (χ0v) is 17.5. The molecule has 0 heterocycles. The minimum absolute atomic E-state index is 0.131. The number of rotatable bonds is 6. The van der Waals surface area contributed by atoms with Gasteiger partial charge in [-0.25, -0.2) is 0 Å². The zero-order valence-electron chi connectivity index (χ0n) is 17.5. The van der Waals surface area contributed by atoms with Crippen LogP contribution in [0.5, 0.6) is 0 Å². The van der Waals surface area contributed by atoms with Crippen LogP contribution < -0.4 is 0 Å². The number of carbonyl (C=O) groups excluding carboxylic acids is 1. The fourth-order valence-electron chi connectivity index (χ4n) is 1.21. The fraction of sp³-hybridized carbons (Fsp3) is 0.545. The molecule has 4 heteroatoms. The van der Waals surface area contributed by atoms with E-state index in [1.54, 1.807) is 19.9 Å². The molecule has 148 valence electrons. The molecular formula is C22H36O4. The molecule has 1 N–H and O–H groups in total. The Kier molecular flexibility index (Phi) is 13.2. The highest BCUT2D eigenvalue weighted by molar-refractivity contribution is 5.75. The van der Waals surface area contributed by atoms with Crippen molar-refractivity contribution in [1.82, 2.24) is 0 Å². The molecule has 0 saturated carbocycles. The second-order valence-corrected chi connectivity index (χ2v) is 7.25. The number of benzene rings is 1. The van der Waals surface area contributed by atoms with Crippen molar-refractivity contribution in [3.05, 3.63) is 48.6 Å². The summed E-state index contributed by atoms with van der Waals surface area (Å²) in [6.45, 7) is 16.7. The third-order valence-corrected chi connectivity index (χ3v) is 4.11. The Morgan fingerprint density at radius 1 is 1.04 bits per heavy atom. The first kappa shape index (κ1) is 26.1. The highest BCUT2D eigenvalue weighted by atomic mass is 16.5. The van der Waals surface area contributed by atoms with Gasteiger partial charge in [0.05, 0.1) is 10.8 Å². The molecule has 0 saturated heterocycles. The summed E-state index contributed by atoms with van der Waals surface area (Å²) in [5.41, 5.74) is 0.104. The molecule has 0 amide bonds. The summed E-state index contributed by atoms with van der Waals surface area (Å²) in [4.78, 5) is 21.9. The summed E-state index contributed by atoms with van der Waals surface area (Å²) < 4.78 is 5.24. The van der Waals surface area contributed by atoms with E-state index < -0.39 is 11.4 Å². The molecule has 1 rings (SSSR count). The van der Waals surface area contributed by atoms with Gasteiger partial charge in [0.1, 0.15) is 6.61 Å². The van der Waals surface area contributed by atoms with Crippen molar-refractivity contribution in [2.45, 2.75) is 67.9 Å². The van der Waals surface area contributed by atoms with Crippen molar-refractivity contribution in [1.29, 1.82) is 0 Å². The van der Waals surface area contributed by atoms with E-state index in [-0.39, 0.29) is 11.4 Å². The van der Waals surface area contributed by atoms with Gasteiger partial charge in [-0.2, -0.15) is 0 Å². The highest BCUT2D eigenvalue weighted by Crippen LogP contribution is 2.22. The summed E-state index contributed by atoms with van der Waals surface area (Å²) in [5.74, 6) is -0.853. The Hall–Kier alpha value is -2.10. The number of hydrogen-bond acceptors (Lipinski definition) is 3. The van der Waals surface area contributed by atoms with Crippen LogP contribution in [0.4, 0.5) is 0 Å². The zero-order chi connectivity index (χ0) is 20.8. The van der Waals surface area contributed by atoms with Crippen LogP contribution in [0.3, 0.4) is 0 Å². The van der Waals surface area contributed by atoms with Gasteiger partial charge in [-0.1, -0.05) is 50.3 Å². The molecule has 1 aromatic rings. The smallest absolute Gasteiger partial charge is 0.311 e. The summed E-state index contributed by atoms with van der Waals surface area (Å²) in [6.07, 6.45) is 3.23. The maximum absolute atomic E-state index is 11.6. The van der Waals surface area contributed by atoms with Crippen LogP contribution in [-0.2, 0) is 20.9 Å². The number of aliphatic carboxylic acids is 1. The number of carbonyl (C=O) groups is 2. The fourth-order valence-corrected chi connectivity index (χ4v) is 1.21. The lowest BCUT2D eigenvalue weighted by molar-refractivity contribution is -0.155. The van der Waals surface area contributed by atoms with Gasteiger partial charge in [0.25, 0.3) is 0 Å². The van der Waals surface area contributed by atoms with Crippen LogP contribution in [0.1, 0.15) is 66.9 Å². The molecule has 0 atom stereocenters. The molecule has 0 fully saturated rings. The average Bonchev–Trinajstić information content (AvgIpc) is 2.61. The Labute approximate surface area is 159 Å². The summed E-state index contributed by atoms with van der Waals surface area (Å²) in [5, 5.41) is 8.44. The van der Waals surface area contributed by atoms with Crippen LogP contribution in [0.15, 0.2) is 43.0 Å². The second kappa shape index (κ2) is 13.2. The Morgan fingerprint density at radius 3 is 1.77 bits per heavy atom. The Balaban J connectivity index is 0. The van der Waals surface area contributed by atoms with Crippen LogP contribution in [0.25, 0.3) is 0 Å². The molecule has 0 aliphatic carbocycles. The predicted molar refractivity (Wildman–Crippen MR) is 108 cm³/mol. The van der Waals surface area contributed by atoms with E-state index in [2.05, 4.69) is 6.58 Å². The molecule has 26 heavy (non-hydrogen) atoms. The minimum atomic E-state index is -0.722. The van der Waals surface area contributed by atoms with Gasteiger partial charge in [-0.15, -0.1) is 6.58 Å². The molecule has 0 aliphatic rings. The normalized spacial score (nSPS) is 10.4. The SMILES string of the molecule is C=CC.CCC(C)(C)C(=O)O.CCC(C)(C)C(=O)OCc1ccccc1. The minimum Gasteiger partial charge on any atom is -0.481 e. The lowest BCUT2D eigenvalue weighted by Crippen LogP contribution is -2.25. The molecule has 0 spiro atoms. The monoisotopic (exact) mass is 364 g/mol. The summed E-state index contributed by atoms with van der Waals surface area (Å²) in [6, 6.07) is 9.72. The standard InChI is InChI=1S/C13H18O2.C6H12O2.C3H6/c1-4-13(2,3)12(14)15-10-11-8-6-5-7-9-11;1-4-6(2,3)5(7)8;1-3-2/h5-9H,4,10H2,1-3H3;4H2,1-3H3,(H,7,8);3H,1H2,2H3. The van der Waals surface area contributed by atoms with Gasteiger partial charge in [0.2, 0.25) is 0 Å². The van der Waals surface area contributed by atoms with Gasteiger partial charge in [-0.3, -0.25) is 9.59 Å². The highest BCUT2D eigenvalue weighted by Gasteiger charge is 2.26. The van der Waals surface area contributed by atoms with Crippen molar-refractivity contribution in [3.63, 3.8) is 0 Å². The van der Waals surface area contributed by atoms with Gasteiger partial charge >= 0.3 is 11.9 Å². The van der Waals surface area contributed by atoms with Crippen LogP contribution in [0, 0.1) is 10.8 Å². The first-order valence-corrected chi connectivity index (χ1v) is 9.00. The van der Waals surface area contributed by atoms with E-state index in [0.717, 1.165) is 12.0 Å². The van der Waals surface area contributed by atoms with E-state index in [9.17, 15) is 9.59 Å². The lowest BCUT2D eigenvalue weighted by atomic mass is 9.91. The molecule has 1 aromatic carbocycles. The summed E-state index contributed by atoms with van der Waals surface area (Å²) in [7, 11) is 0. The van der Waals surface area contributed by atoms with E-state index in [4.69, 9.17) is 9.84 Å². The number of esters is 1. The van der Waals surface area contributed by atoms with Crippen LogP contribution in [0.2, 0.25) is 0 Å². The molecule has 0 unspecified atom stereocenters. The van der Waals surface area contributed by atoms with E-state index >= 15 is 0 Å². The van der Waals surface area contributed by atoms with Gasteiger partial charge in [-0.05, 0) is 53.0 Å². The van der Waals surface area contributed by atoms with Crippen LogP contribution in [-0.4, -0.2) is 17.0 Å². The van der Waals surface area contributed by atoms with E-state index in [0.29, 0.717) is 13.0 Å². The van der Waals surface area contributed by atoms with Gasteiger partial charge < -0.3 is 9.84 Å². The number of hydrogen-bond donors (Lipinski definition) is 1. The summed E-state index contributed by atoms with van der Waals surface area (Å²) >= 11 is 0. The first-order chi connectivity index (χ1) is 12.0. The molecule has 0 bridgehead atoms. The van der Waals surface area contributed by atoms with Crippen molar-refractivity contribution in [2.75, 3.05) is 0 Å². The van der Waals surface area contributed by atoms with Crippen molar-refractivity contribution in [3.8, 4) is 0 Å². The third-order valence-electron chi connectivity index (χ3n) is 4.11. The number of ether oxygens (including phenoxy) is 1. The van der Waals surface area contributed by atoms with E-state index in [1.165, 1.54) is 0 Å². The maximum Gasteiger partial charge on any atom is 0.311 e. The van der Waals surface area contributed by atoms with Crippen LogP contribution >= 0.6 is 0 Å². The lowest BCUT2D eigenvalue weighted by Gasteiger charge is -2.20. The van der Waals surface area contributed by atoms with Crippen molar-refractivity contribution in [2.24, 2.45) is 10.8 Å². The topological polar surface area (TPSA) is 63.6 Å². The Bertz CT molecular complexity index is 530. The van der Waals surface area contributed by atoms with Crippen molar-refractivity contribution < 1.29 is 19.4 Å². The van der Waals surface area contributed by atoms with E-state index in [1.807, 2.05) is 65.0 Å². The molecular weight excluding hydrogens is 328 g/mol. The van der Waals surface area contributed by atoms with Gasteiger partial charge in [0.15, 0.2) is 0 Å². The third kappa shape index (κ3) is 11.5. The Morgan fingerprint density at radius 2 is 1.46 bits per heavy atom. The second-order valence-electron chi connectivity index (χ2n) is 7.25. The largest absolute Gasteiger partial charge is 0.481 e. The van der Waals surface area contributed by atoms with Gasteiger partial charge in [0, 0.05) is 0 Å². The number of carboxylic acid groups (broad SMARTS) is 1. The average molecular weight is 365 g/mol. The molecule has 0 aliphatic heterocycles. The predicted octanol–water partition coefficient (Wildman–Crippen LogP) is 5.87. The number of allylic oxidation sites excluding steroid dienone is 1. The molecule has 0 radical (unpaired) electrons. The first-order valence-electron chi connectivity index (χ1n) is 9.00. The maximum atomic E-state index is 11.6. The molecule has 4 nitrogen and oxygen atoms in total. The quantitative estimate of drug-likeness (QED) is 0.507. The van der Waals surface area contributed by atoms with Crippen molar-refractivity contribution >= 4 is 11.9 Å². The number of carboxylic acids is 1. The molecule has 0 aromatic heterocycles.